The van der Waals surface area contributed by atoms with Gasteiger partial charge in [0.1, 0.15) is 11.5 Å². The fraction of sp³-hybridized carbons (Fsp3) is 0.269. The highest BCUT2D eigenvalue weighted by Crippen LogP contribution is 2.40. The molecule has 4 rings (SSSR count). The van der Waals surface area contributed by atoms with Crippen LogP contribution in [0.15, 0.2) is 72.8 Å². The highest BCUT2D eigenvalue weighted by molar-refractivity contribution is 6.46. The number of aliphatic hydroxyl groups is 1. The van der Waals surface area contributed by atoms with E-state index in [9.17, 15) is 14.7 Å². The first kappa shape index (κ1) is 23.6. The number of nitrogens with zero attached hydrogens (tertiary/aromatic N) is 3. The number of ketones is 1. The summed E-state index contributed by atoms with van der Waals surface area (Å²) in [4.78, 5) is 31.8. The molecule has 0 saturated carbocycles. The summed E-state index contributed by atoms with van der Waals surface area (Å²) < 4.78 is 7.59. The maximum atomic E-state index is 13.1. The van der Waals surface area contributed by atoms with Gasteiger partial charge in [-0.3, -0.25) is 9.59 Å². The molecule has 1 N–H and O–H groups in total. The number of ether oxygens (including phenoxy) is 1. The number of imidazole rings is 1. The molecule has 1 fully saturated rings. The normalized spacial score (nSPS) is 17.4. The predicted molar refractivity (Wildman–Crippen MR) is 130 cm³/mol. The number of Topliss-reactive ketones (excluding diaryl/α,β-unsaturated/α-hetero) is 1. The van der Waals surface area contributed by atoms with Crippen LogP contribution in [-0.2, 0) is 16.1 Å². The first-order valence-electron chi connectivity index (χ1n) is 11.2. The van der Waals surface area contributed by atoms with Crippen LogP contribution in [0.25, 0.3) is 5.76 Å². The van der Waals surface area contributed by atoms with Crippen molar-refractivity contribution in [2.24, 2.45) is 0 Å². The van der Waals surface area contributed by atoms with Crippen molar-refractivity contribution < 1.29 is 19.4 Å². The van der Waals surface area contributed by atoms with Crippen molar-refractivity contribution in [3.05, 3.63) is 89.0 Å². The second-order valence-corrected chi connectivity index (χ2v) is 8.51. The van der Waals surface area contributed by atoms with Gasteiger partial charge in [0, 0.05) is 36.1 Å². The van der Waals surface area contributed by atoms with Crippen molar-refractivity contribution in [2.75, 3.05) is 13.2 Å². The number of aryl methyl sites for hydroxylation is 1. The van der Waals surface area contributed by atoms with E-state index in [-0.39, 0.29) is 11.3 Å². The monoisotopic (exact) mass is 479 g/mol. The zero-order valence-electron chi connectivity index (χ0n) is 18.9. The molecule has 1 aromatic heterocycles. The first-order chi connectivity index (χ1) is 16.5. The van der Waals surface area contributed by atoms with E-state index in [4.69, 9.17) is 16.3 Å². The molecule has 2 heterocycles. The smallest absolute Gasteiger partial charge is 0.295 e. The van der Waals surface area contributed by atoms with E-state index in [1.54, 1.807) is 61.1 Å². The molecule has 34 heavy (non-hydrogen) atoms. The fourth-order valence-electron chi connectivity index (χ4n) is 4.05. The lowest BCUT2D eigenvalue weighted by atomic mass is 9.95. The molecule has 2 aromatic carbocycles. The molecule has 1 aliphatic heterocycles. The predicted octanol–water partition coefficient (Wildman–Crippen LogP) is 4.84. The van der Waals surface area contributed by atoms with Crippen LogP contribution in [0.5, 0.6) is 5.75 Å². The Morgan fingerprint density at radius 3 is 2.65 bits per heavy atom. The second-order valence-electron chi connectivity index (χ2n) is 8.07. The topological polar surface area (TPSA) is 84.7 Å². The third-order valence-corrected chi connectivity index (χ3v) is 5.93. The van der Waals surface area contributed by atoms with E-state index < -0.39 is 17.7 Å². The lowest BCUT2D eigenvalue weighted by Gasteiger charge is -2.25. The lowest BCUT2D eigenvalue weighted by molar-refractivity contribution is -0.139. The molecule has 1 amide bonds. The van der Waals surface area contributed by atoms with Crippen LogP contribution < -0.4 is 4.74 Å². The van der Waals surface area contributed by atoms with Crippen LogP contribution >= 0.6 is 11.6 Å². The number of halogens is 1. The highest BCUT2D eigenvalue weighted by Gasteiger charge is 2.45. The van der Waals surface area contributed by atoms with Crippen LogP contribution in [0.2, 0.25) is 5.02 Å². The number of carbonyl (C=O) groups excluding carboxylic acids is 2. The lowest BCUT2D eigenvalue weighted by Crippen LogP contribution is -2.31. The molecule has 0 radical (unpaired) electrons. The van der Waals surface area contributed by atoms with Gasteiger partial charge in [0.25, 0.3) is 11.7 Å². The van der Waals surface area contributed by atoms with Gasteiger partial charge in [0.2, 0.25) is 0 Å². The van der Waals surface area contributed by atoms with E-state index in [0.29, 0.717) is 48.0 Å². The van der Waals surface area contributed by atoms with Gasteiger partial charge in [0.05, 0.1) is 24.5 Å². The number of rotatable bonds is 9. The molecular weight excluding hydrogens is 454 g/mol. The molecule has 7 nitrogen and oxygen atoms in total. The quantitative estimate of drug-likeness (QED) is 0.270. The molecule has 0 bridgehead atoms. The summed E-state index contributed by atoms with van der Waals surface area (Å²) >= 11 is 6.08. The van der Waals surface area contributed by atoms with Crippen LogP contribution in [-0.4, -0.2) is 44.4 Å². The molecule has 3 aromatic rings. The van der Waals surface area contributed by atoms with E-state index in [1.165, 1.54) is 4.90 Å². The van der Waals surface area contributed by atoms with Gasteiger partial charge in [-0.1, -0.05) is 42.8 Å². The Kier molecular flexibility index (Phi) is 7.33. The van der Waals surface area contributed by atoms with Crippen LogP contribution in [0.3, 0.4) is 0 Å². The summed E-state index contributed by atoms with van der Waals surface area (Å²) in [5.74, 6) is -0.980. The fourth-order valence-corrected chi connectivity index (χ4v) is 4.18. The molecule has 0 aliphatic carbocycles. The van der Waals surface area contributed by atoms with Gasteiger partial charge < -0.3 is 19.3 Å². The van der Waals surface area contributed by atoms with E-state index in [2.05, 4.69) is 4.98 Å². The summed E-state index contributed by atoms with van der Waals surface area (Å²) in [5.41, 5.74) is 1.18. The zero-order chi connectivity index (χ0) is 24.1. The van der Waals surface area contributed by atoms with Gasteiger partial charge in [-0.25, -0.2) is 4.98 Å². The Labute approximate surface area is 203 Å². The third kappa shape index (κ3) is 4.99. The van der Waals surface area contributed by atoms with Crippen molar-refractivity contribution in [1.82, 2.24) is 14.5 Å². The maximum absolute atomic E-state index is 13.1. The summed E-state index contributed by atoms with van der Waals surface area (Å²) in [6, 6.07) is 13.2. The van der Waals surface area contributed by atoms with Gasteiger partial charge in [-0.2, -0.15) is 0 Å². The van der Waals surface area contributed by atoms with E-state index in [0.717, 1.165) is 6.42 Å². The molecule has 1 saturated heterocycles. The van der Waals surface area contributed by atoms with Crippen molar-refractivity contribution in [2.45, 2.75) is 32.4 Å². The van der Waals surface area contributed by atoms with Gasteiger partial charge in [0.15, 0.2) is 0 Å². The highest BCUT2D eigenvalue weighted by atomic mass is 35.5. The number of aliphatic hydroxyl groups excluding tert-OH is 1. The maximum Gasteiger partial charge on any atom is 0.295 e. The Bertz CT molecular complexity index is 1190. The zero-order valence-corrected chi connectivity index (χ0v) is 19.6. The molecule has 1 aliphatic rings. The largest absolute Gasteiger partial charge is 0.507 e. The number of aromatic nitrogens is 2. The SMILES string of the molecule is CCCOc1cccc(C(O)=C2C(=O)C(=O)N(CCCn3ccnc3)C2c2ccc(Cl)cc2)c1. The van der Waals surface area contributed by atoms with E-state index in [1.807, 2.05) is 17.7 Å². The number of hydrogen-bond acceptors (Lipinski definition) is 5. The Morgan fingerprint density at radius 2 is 1.94 bits per heavy atom. The average molecular weight is 480 g/mol. The number of benzene rings is 2. The second kappa shape index (κ2) is 10.6. The van der Waals surface area contributed by atoms with Gasteiger partial charge in [-0.15, -0.1) is 0 Å². The van der Waals surface area contributed by atoms with Crippen molar-refractivity contribution in [1.29, 1.82) is 0 Å². The van der Waals surface area contributed by atoms with Gasteiger partial charge >= 0.3 is 0 Å². The summed E-state index contributed by atoms with van der Waals surface area (Å²) in [7, 11) is 0. The average Bonchev–Trinajstić information content (AvgIpc) is 3.45. The Hall–Kier alpha value is -3.58. The first-order valence-corrected chi connectivity index (χ1v) is 11.6. The molecule has 1 unspecified atom stereocenters. The molecular formula is C26H26ClN3O4. The van der Waals surface area contributed by atoms with Crippen LogP contribution in [0.4, 0.5) is 0 Å². The summed E-state index contributed by atoms with van der Waals surface area (Å²) in [5, 5.41) is 11.8. The van der Waals surface area contributed by atoms with Crippen molar-refractivity contribution in [3.63, 3.8) is 0 Å². The van der Waals surface area contributed by atoms with E-state index >= 15 is 0 Å². The third-order valence-electron chi connectivity index (χ3n) is 5.68. The van der Waals surface area contributed by atoms with Crippen molar-refractivity contribution >= 4 is 29.1 Å². The number of hydrogen-bond donors (Lipinski definition) is 1. The Morgan fingerprint density at radius 1 is 1.15 bits per heavy atom. The summed E-state index contributed by atoms with van der Waals surface area (Å²) in [6.45, 7) is 3.53. The molecule has 8 heteroatoms. The standard InChI is InChI=1S/C26H26ClN3O4/c1-2-15-34-21-6-3-5-19(16-21)24(31)22-23(18-7-9-20(27)10-8-18)30(26(33)25(22)32)13-4-12-29-14-11-28-17-29/h3,5-11,14,16-17,23,31H,2,4,12-13,15H2,1H3. The minimum atomic E-state index is -0.722. The summed E-state index contributed by atoms with van der Waals surface area (Å²) in [6.07, 6.45) is 6.71. The minimum absolute atomic E-state index is 0.0580. The number of likely N-dealkylation sites (tertiary alicyclic amines) is 1. The van der Waals surface area contributed by atoms with Crippen LogP contribution in [0.1, 0.15) is 36.9 Å². The molecule has 0 spiro atoms. The molecule has 176 valence electrons. The van der Waals surface area contributed by atoms with Gasteiger partial charge in [-0.05, 0) is 42.7 Å². The van der Waals surface area contributed by atoms with Crippen LogP contribution in [0, 0.1) is 0 Å². The number of amides is 1. The number of carbonyl (C=O) groups is 2. The van der Waals surface area contributed by atoms with Crippen molar-refractivity contribution in [3.8, 4) is 5.75 Å². The minimum Gasteiger partial charge on any atom is -0.507 e. The molecule has 1 atom stereocenters. The Balaban J connectivity index is 1.71.